The largest absolute Gasteiger partial charge is 0.493 e. The molecule has 128 valence electrons. The van der Waals surface area contributed by atoms with Crippen molar-refractivity contribution in [3.05, 3.63) is 23.8 Å². The fourth-order valence-electron chi connectivity index (χ4n) is 4.51. The molecule has 0 aromatic heterocycles. The Morgan fingerprint density at radius 2 is 1.87 bits per heavy atom. The van der Waals surface area contributed by atoms with Gasteiger partial charge in [0.1, 0.15) is 0 Å². The first-order valence-corrected chi connectivity index (χ1v) is 8.96. The van der Waals surface area contributed by atoms with E-state index in [2.05, 4.69) is 12.1 Å². The number of aliphatic hydroxyl groups is 1. The smallest absolute Gasteiger partial charge is 0.160 e. The van der Waals surface area contributed by atoms with Crippen molar-refractivity contribution in [2.75, 3.05) is 27.3 Å². The summed E-state index contributed by atoms with van der Waals surface area (Å²) in [7, 11) is 3.36. The molecule has 4 nitrogen and oxygen atoms in total. The van der Waals surface area contributed by atoms with Crippen molar-refractivity contribution in [1.29, 1.82) is 0 Å². The highest BCUT2D eigenvalue weighted by Crippen LogP contribution is 2.29. The molecular weight excluding hydrogens is 290 g/mol. The summed E-state index contributed by atoms with van der Waals surface area (Å²) in [6.07, 6.45) is 7.06. The van der Waals surface area contributed by atoms with Crippen LogP contribution in [0.1, 0.15) is 37.7 Å². The van der Waals surface area contributed by atoms with E-state index in [9.17, 15) is 5.11 Å². The average molecular weight is 320 g/mol. The Hall–Kier alpha value is -1.26. The van der Waals surface area contributed by atoms with Crippen molar-refractivity contribution in [2.45, 2.75) is 50.7 Å². The highest BCUT2D eigenvalue weighted by atomic mass is 16.5. The SMILES string of the molecule is COc1ccc(CC[NH+]2CC[C@H](O)[C@H]3CCCC[C@@H]32)cc1OC. The number of methoxy groups -OCH3 is 2. The van der Waals surface area contributed by atoms with Gasteiger partial charge in [0.25, 0.3) is 0 Å². The lowest BCUT2D eigenvalue weighted by atomic mass is 9.76. The number of nitrogens with one attached hydrogen (secondary N) is 1. The number of aliphatic hydroxyl groups excluding tert-OH is 1. The van der Waals surface area contributed by atoms with Crippen molar-refractivity contribution >= 4 is 0 Å². The fraction of sp³-hybridized carbons (Fsp3) is 0.684. The lowest BCUT2D eigenvalue weighted by Crippen LogP contribution is -3.18. The van der Waals surface area contributed by atoms with Crippen LogP contribution in [0, 0.1) is 5.92 Å². The van der Waals surface area contributed by atoms with Crippen LogP contribution in [-0.4, -0.2) is 44.6 Å². The van der Waals surface area contributed by atoms with Crippen LogP contribution in [0.3, 0.4) is 0 Å². The Morgan fingerprint density at radius 3 is 2.65 bits per heavy atom. The standard InChI is InChI=1S/C19H29NO3/c1-22-18-8-7-14(13-19(18)23-2)9-11-20-12-10-17(21)15-5-3-4-6-16(15)20/h7-8,13,15-17,21H,3-6,9-12H2,1-2H3/p+1/t15-,16-,17-/m0/s1. The molecule has 1 saturated heterocycles. The number of quaternary nitrogens is 1. The molecule has 1 aliphatic carbocycles. The van der Waals surface area contributed by atoms with E-state index in [0.29, 0.717) is 12.0 Å². The first-order chi connectivity index (χ1) is 11.2. The number of ether oxygens (including phenoxy) is 2. The van der Waals surface area contributed by atoms with Crippen LogP contribution in [-0.2, 0) is 6.42 Å². The minimum Gasteiger partial charge on any atom is -0.493 e. The predicted molar refractivity (Wildman–Crippen MR) is 90.3 cm³/mol. The monoisotopic (exact) mass is 320 g/mol. The Kier molecular flexibility index (Phi) is 5.44. The van der Waals surface area contributed by atoms with Gasteiger partial charge in [0, 0.05) is 18.8 Å². The van der Waals surface area contributed by atoms with Crippen LogP contribution in [0.4, 0.5) is 0 Å². The summed E-state index contributed by atoms with van der Waals surface area (Å²) >= 11 is 0. The molecule has 4 atom stereocenters. The Balaban J connectivity index is 1.63. The maximum absolute atomic E-state index is 10.3. The molecule has 0 bridgehead atoms. The highest BCUT2D eigenvalue weighted by Gasteiger charge is 2.41. The van der Waals surface area contributed by atoms with Gasteiger partial charge in [-0.2, -0.15) is 0 Å². The second-order valence-corrected chi connectivity index (χ2v) is 7.01. The molecule has 1 saturated carbocycles. The number of piperidine rings is 1. The van der Waals surface area contributed by atoms with E-state index in [1.165, 1.54) is 31.2 Å². The van der Waals surface area contributed by atoms with E-state index in [4.69, 9.17) is 9.47 Å². The zero-order chi connectivity index (χ0) is 16.2. The topological polar surface area (TPSA) is 43.1 Å². The van der Waals surface area contributed by atoms with Gasteiger partial charge in [0.2, 0.25) is 0 Å². The summed E-state index contributed by atoms with van der Waals surface area (Å²) < 4.78 is 10.7. The van der Waals surface area contributed by atoms with Gasteiger partial charge < -0.3 is 19.5 Å². The van der Waals surface area contributed by atoms with Gasteiger partial charge in [0.15, 0.2) is 11.5 Å². The van der Waals surface area contributed by atoms with Crippen LogP contribution in [0.15, 0.2) is 18.2 Å². The zero-order valence-corrected chi connectivity index (χ0v) is 14.4. The molecule has 1 aromatic rings. The van der Waals surface area contributed by atoms with E-state index < -0.39 is 0 Å². The Labute approximate surface area is 139 Å². The summed E-state index contributed by atoms with van der Waals surface area (Å²) in [6, 6.07) is 6.88. The van der Waals surface area contributed by atoms with Crippen LogP contribution >= 0.6 is 0 Å². The molecular formula is C19H30NO3+. The summed E-state index contributed by atoms with van der Waals surface area (Å²) in [5, 5.41) is 10.3. The Bertz CT molecular complexity index is 519. The van der Waals surface area contributed by atoms with Gasteiger partial charge >= 0.3 is 0 Å². The molecule has 0 amide bonds. The van der Waals surface area contributed by atoms with Crippen molar-refractivity contribution in [1.82, 2.24) is 0 Å². The number of fused-ring (bicyclic) bond motifs is 1. The first kappa shape index (κ1) is 16.6. The molecule has 4 heteroatoms. The molecule has 1 aromatic carbocycles. The van der Waals surface area contributed by atoms with Crippen LogP contribution in [0.25, 0.3) is 0 Å². The molecule has 0 radical (unpaired) electrons. The lowest BCUT2D eigenvalue weighted by molar-refractivity contribution is -0.937. The maximum Gasteiger partial charge on any atom is 0.160 e. The Morgan fingerprint density at radius 1 is 1.09 bits per heavy atom. The van der Waals surface area contributed by atoms with E-state index in [1.54, 1.807) is 19.1 Å². The van der Waals surface area contributed by atoms with E-state index in [1.807, 2.05) is 6.07 Å². The summed E-state index contributed by atoms with van der Waals surface area (Å²) in [6.45, 7) is 2.25. The minimum atomic E-state index is -0.0647. The van der Waals surface area contributed by atoms with Gasteiger partial charge in [-0.15, -0.1) is 0 Å². The van der Waals surface area contributed by atoms with Gasteiger partial charge in [-0.25, -0.2) is 0 Å². The maximum atomic E-state index is 10.3. The molecule has 3 rings (SSSR count). The normalized spacial score (nSPS) is 30.6. The molecule has 0 spiro atoms. The third-order valence-corrected chi connectivity index (χ3v) is 5.78. The van der Waals surface area contributed by atoms with Gasteiger partial charge in [-0.1, -0.05) is 12.5 Å². The average Bonchev–Trinajstić information content (AvgIpc) is 2.61. The van der Waals surface area contributed by atoms with Crippen molar-refractivity contribution in [3.8, 4) is 11.5 Å². The van der Waals surface area contributed by atoms with Crippen LogP contribution in [0.5, 0.6) is 11.5 Å². The van der Waals surface area contributed by atoms with Gasteiger partial charge in [-0.3, -0.25) is 0 Å². The van der Waals surface area contributed by atoms with Gasteiger partial charge in [0.05, 0.1) is 39.5 Å². The third-order valence-electron chi connectivity index (χ3n) is 5.78. The summed E-state index contributed by atoms with van der Waals surface area (Å²) in [4.78, 5) is 1.69. The van der Waals surface area contributed by atoms with Crippen molar-refractivity contribution < 1.29 is 19.5 Å². The molecule has 1 aliphatic heterocycles. The number of likely N-dealkylation sites (tertiary alicyclic amines) is 1. The summed E-state index contributed by atoms with van der Waals surface area (Å²) in [5.74, 6) is 2.12. The molecule has 2 N–H and O–H groups in total. The number of hydrogen-bond acceptors (Lipinski definition) is 3. The first-order valence-electron chi connectivity index (χ1n) is 8.96. The number of rotatable bonds is 5. The number of hydrogen-bond donors (Lipinski definition) is 2. The molecule has 23 heavy (non-hydrogen) atoms. The fourth-order valence-corrected chi connectivity index (χ4v) is 4.51. The highest BCUT2D eigenvalue weighted by molar-refractivity contribution is 5.42. The minimum absolute atomic E-state index is 0.0647. The van der Waals surface area contributed by atoms with Crippen molar-refractivity contribution in [2.24, 2.45) is 5.92 Å². The van der Waals surface area contributed by atoms with E-state index in [-0.39, 0.29) is 6.10 Å². The molecule has 1 unspecified atom stereocenters. The number of benzene rings is 1. The predicted octanol–water partition coefficient (Wildman–Crippen LogP) is 1.45. The second-order valence-electron chi connectivity index (χ2n) is 7.01. The zero-order valence-electron chi connectivity index (χ0n) is 14.4. The molecule has 2 fully saturated rings. The lowest BCUT2D eigenvalue weighted by Gasteiger charge is -2.43. The third kappa shape index (κ3) is 3.64. The van der Waals surface area contributed by atoms with Gasteiger partial charge in [-0.05, 0) is 37.0 Å². The van der Waals surface area contributed by atoms with Crippen molar-refractivity contribution in [3.63, 3.8) is 0 Å². The molecule has 1 heterocycles. The quantitative estimate of drug-likeness (QED) is 0.863. The van der Waals surface area contributed by atoms with Crippen LogP contribution in [0.2, 0.25) is 0 Å². The molecule has 2 aliphatic rings. The van der Waals surface area contributed by atoms with E-state index in [0.717, 1.165) is 37.4 Å². The summed E-state index contributed by atoms with van der Waals surface area (Å²) in [5.41, 5.74) is 1.30. The van der Waals surface area contributed by atoms with E-state index >= 15 is 0 Å². The second kappa shape index (κ2) is 7.54. The van der Waals surface area contributed by atoms with Crippen LogP contribution < -0.4 is 14.4 Å².